The van der Waals surface area contributed by atoms with E-state index < -0.39 is 0 Å². The average molecular weight is 375 g/mol. The van der Waals surface area contributed by atoms with Gasteiger partial charge in [-0.05, 0) is 68.6 Å². The van der Waals surface area contributed by atoms with Crippen LogP contribution in [0, 0.1) is 6.92 Å². The first kappa shape index (κ1) is 13.3. The Labute approximate surface area is 123 Å². The summed E-state index contributed by atoms with van der Waals surface area (Å²) in [7, 11) is 2.00. The van der Waals surface area contributed by atoms with Crippen LogP contribution in [0.3, 0.4) is 0 Å². The lowest BCUT2D eigenvalue weighted by Crippen LogP contribution is -2.18. The number of aryl methyl sites for hydroxylation is 1. The smallest absolute Gasteiger partial charge is 0.0761 e. The molecule has 1 nitrogen and oxygen atoms in total. The molecule has 1 N–H and O–H groups in total. The Kier molecular flexibility index (Phi) is 4.42. The molecule has 0 bridgehead atoms. The minimum Gasteiger partial charge on any atom is -0.309 e. The van der Waals surface area contributed by atoms with Gasteiger partial charge in [0.05, 0.1) is 13.6 Å². The Balaban J connectivity index is 2.47. The Bertz CT molecular complexity index is 522. The summed E-state index contributed by atoms with van der Waals surface area (Å²) in [6.07, 6.45) is 0. The monoisotopic (exact) mass is 373 g/mol. The van der Waals surface area contributed by atoms with Crippen LogP contribution in [-0.4, -0.2) is 7.05 Å². The molecule has 0 aliphatic rings. The molecule has 1 aromatic heterocycles. The average Bonchev–Trinajstić information content (AvgIpc) is 2.62. The van der Waals surface area contributed by atoms with Crippen LogP contribution in [-0.2, 0) is 0 Å². The fourth-order valence-corrected chi connectivity index (χ4v) is 4.84. The van der Waals surface area contributed by atoms with Crippen molar-refractivity contribution >= 4 is 43.2 Å². The van der Waals surface area contributed by atoms with E-state index in [0.717, 1.165) is 3.79 Å². The lowest BCUT2D eigenvalue weighted by Gasteiger charge is -2.18. The minimum absolute atomic E-state index is 0.230. The molecule has 0 aliphatic carbocycles. The van der Waals surface area contributed by atoms with E-state index in [9.17, 15) is 0 Å². The van der Waals surface area contributed by atoms with Crippen molar-refractivity contribution in [3.8, 4) is 0 Å². The van der Waals surface area contributed by atoms with Crippen LogP contribution in [0.5, 0.6) is 0 Å². The van der Waals surface area contributed by atoms with Crippen LogP contribution in [0.15, 0.2) is 37.9 Å². The topological polar surface area (TPSA) is 12.0 Å². The van der Waals surface area contributed by atoms with E-state index in [0.29, 0.717) is 0 Å². The SMILES string of the molecule is CNC(c1ccccc1C)c1cc(Br)sc1Br. The summed E-state index contributed by atoms with van der Waals surface area (Å²) in [4.78, 5) is 0. The van der Waals surface area contributed by atoms with Crippen LogP contribution in [0.1, 0.15) is 22.7 Å². The van der Waals surface area contributed by atoms with Gasteiger partial charge in [0.15, 0.2) is 0 Å². The molecule has 0 spiro atoms. The van der Waals surface area contributed by atoms with Crippen molar-refractivity contribution in [2.45, 2.75) is 13.0 Å². The second kappa shape index (κ2) is 5.65. The zero-order valence-corrected chi connectivity index (χ0v) is 13.6. The summed E-state index contributed by atoms with van der Waals surface area (Å²) >= 11 is 8.87. The predicted molar refractivity (Wildman–Crippen MR) is 81.8 cm³/mol. The Morgan fingerprint density at radius 3 is 2.41 bits per heavy atom. The van der Waals surface area contributed by atoms with Crippen molar-refractivity contribution < 1.29 is 0 Å². The minimum atomic E-state index is 0.230. The number of hydrogen-bond donors (Lipinski definition) is 1. The van der Waals surface area contributed by atoms with Gasteiger partial charge >= 0.3 is 0 Å². The van der Waals surface area contributed by atoms with Crippen LogP contribution < -0.4 is 5.32 Å². The molecule has 1 heterocycles. The second-order valence-electron chi connectivity index (χ2n) is 3.86. The maximum Gasteiger partial charge on any atom is 0.0761 e. The highest BCUT2D eigenvalue weighted by Gasteiger charge is 2.18. The normalized spacial score (nSPS) is 12.7. The molecule has 1 aromatic carbocycles. The van der Waals surface area contributed by atoms with Crippen LogP contribution in [0.2, 0.25) is 0 Å². The van der Waals surface area contributed by atoms with E-state index in [4.69, 9.17) is 0 Å². The lowest BCUT2D eigenvalue weighted by atomic mass is 9.97. The van der Waals surface area contributed by atoms with Gasteiger partial charge in [0, 0.05) is 0 Å². The van der Waals surface area contributed by atoms with Crippen molar-refractivity contribution in [2.75, 3.05) is 7.05 Å². The highest BCUT2D eigenvalue weighted by atomic mass is 79.9. The van der Waals surface area contributed by atoms with Gasteiger partial charge in [-0.1, -0.05) is 24.3 Å². The lowest BCUT2D eigenvalue weighted by molar-refractivity contribution is 0.687. The van der Waals surface area contributed by atoms with Gasteiger partial charge in [-0.3, -0.25) is 0 Å². The van der Waals surface area contributed by atoms with Crippen molar-refractivity contribution in [2.24, 2.45) is 0 Å². The summed E-state index contributed by atoms with van der Waals surface area (Å²) < 4.78 is 2.32. The Morgan fingerprint density at radius 1 is 1.18 bits per heavy atom. The Hall–Kier alpha value is -0.160. The molecule has 2 rings (SSSR count). The maximum atomic E-state index is 3.63. The third kappa shape index (κ3) is 2.81. The van der Waals surface area contributed by atoms with Crippen LogP contribution in [0.25, 0.3) is 0 Å². The van der Waals surface area contributed by atoms with E-state index in [2.05, 4.69) is 74.4 Å². The summed E-state index contributed by atoms with van der Waals surface area (Å²) in [5, 5.41) is 3.39. The summed E-state index contributed by atoms with van der Waals surface area (Å²) in [5.41, 5.74) is 3.90. The molecule has 90 valence electrons. The molecule has 0 radical (unpaired) electrons. The molecule has 0 saturated carbocycles. The third-order valence-electron chi connectivity index (χ3n) is 2.78. The summed E-state index contributed by atoms with van der Waals surface area (Å²) in [5.74, 6) is 0. The molecular formula is C13H13Br2NS. The number of halogens is 2. The first-order chi connectivity index (χ1) is 8.13. The number of nitrogens with one attached hydrogen (secondary N) is 1. The Morgan fingerprint density at radius 2 is 1.88 bits per heavy atom. The largest absolute Gasteiger partial charge is 0.309 e. The first-order valence-electron chi connectivity index (χ1n) is 5.31. The fourth-order valence-electron chi connectivity index (χ4n) is 1.94. The van der Waals surface area contributed by atoms with Crippen molar-refractivity contribution in [1.82, 2.24) is 5.32 Å². The van der Waals surface area contributed by atoms with Gasteiger partial charge in [0.1, 0.15) is 0 Å². The molecule has 0 saturated heterocycles. The van der Waals surface area contributed by atoms with E-state index in [1.807, 2.05) is 7.05 Å². The van der Waals surface area contributed by atoms with Gasteiger partial charge in [-0.2, -0.15) is 0 Å². The molecule has 0 fully saturated rings. The standard InChI is InChI=1S/C13H13Br2NS/c1-8-5-3-4-6-9(8)12(16-2)10-7-11(14)17-13(10)15/h3-7,12,16H,1-2H3. The quantitative estimate of drug-likeness (QED) is 0.806. The molecule has 2 aromatic rings. The summed E-state index contributed by atoms with van der Waals surface area (Å²) in [6, 6.07) is 10.9. The fraction of sp³-hybridized carbons (Fsp3) is 0.231. The van der Waals surface area contributed by atoms with Crippen molar-refractivity contribution in [3.05, 3.63) is 54.6 Å². The third-order valence-corrected chi connectivity index (χ3v) is 5.17. The van der Waals surface area contributed by atoms with Gasteiger partial charge in [0.2, 0.25) is 0 Å². The van der Waals surface area contributed by atoms with Crippen LogP contribution in [0.4, 0.5) is 0 Å². The maximum absolute atomic E-state index is 3.63. The zero-order chi connectivity index (χ0) is 12.4. The van der Waals surface area contributed by atoms with Gasteiger partial charge < -0.3 is 5.32 Å². The van der Waals surface area contributed by atoms with Gasteiger partial charge in [0.25, 0.3) is 0 Å². The molecule has 1 atom stereocenters. The number of rotatable bonds is 3. The second-order valence-corrected chi connectivity index (χ2v) is 7.61. The van der Waals surface area contributed by atoms with E-state index >= 15 is 0 Å². The first-order valence-corrected chi connectivity index (χ1v) is 7.71. The molecule has 0 amide bonds. The van der Waals surface area contributed by atoms with Crippen LogP contribution >= 0.6 is 43.2 Å². The number of thiophene rings is 1. The molecule has 1 unspecified atom stereocenters. The number of hydrogen-bond acceptors (Lipinski definition) is 2. The van der Waals surface area contributed by atoms with Crippen molar-refractivity contribution in [3.63, 3.8) is 0 Å². The van der Waals surface area contributed by atoms with Gasteiger partial charge in [-0.25, -0.2) is 0 Å². The van der Waals surface area contributed by atoms with E-state index in [-0.39, 0.29) is 6.04 Å². The summed E-state index contributed by atoms with van der Waals surface area (Å²) in [6.45, 7) is 2.15. The molecule has 0 aliphatic heterocycles. The molecular weight excluding hydrogens is 362 g/mol. The van der Waals surface area contributed by atoms with E-state index in [1.54, 1.807) is 11.3 Å². The van der Waals surface area contributed by atoms with Crippen molar-refractivity contribution in [1.29, 1.82) is 0 Å². The van der Waals surface area contributed by atoms with Gasteiger partial charge in [-0.15, -0.1) is 11.3 Å². The molecule has 4 heteroatoms. The zero-order valence-electron chi connectivity index (χ0n) is 9.63. The molecule has 17 heavy (non-hydrogen) atoms. The van der Waals surface area contributed by atoms with E-state index in [1.165, 1.54) is 20.5 Å². The highest BCUT2D eigenvalue weighted by molar-refractivity contribution is 9.12. The predicted octanol–water partition coefficient (Wildman–Crippen LogP) is 4.89. The number of benzene rings is 1. The highest BCUT2D eigenvalue weighted by Crippen LogP contribution is 2.38.